The van der Waals surface area contributed by atoms with E-state index in [4.69, 9.17) is 5.26 Å². The summed E-state index contributed by atoms with van der Waals surface area (Å²) in [6, 6.07) is 3.89. The highest BCUT2D eigenvalue weighted by atomic mass is 19.1. The molecule has 20 heavy (non-hydrogen) atoms. The molecular formula is C14H10F3N3. The summed E-state index contributed by atoms with van der Waals surface area (Å²) in [5.41, 5.74) is 0.215. The largest absolute Gasteiger partial charge is 0.367 e. The van der Waals surface area contributed by atoms with Crippen LogP contribution in [0.1, 0.15) is 12.0 Å². The third-order valence-corrected chi connectivity index (χ3v) is 3.46. The number of halogens is 3. The van der Waals surface area contributed by atoms with Gasteiger partial charge in [0.2, 0.25) is 0 Å². The maximum Gasteiger partial charge on any atom is 0.149 e. The maximum absolute atomic E-state index is 14.1. The SMILES string of the molecule is N#Cc1cnc2c(F)ccc(F)c2c1N1CCC(F)C1. The third kappa shape index (κ3) is 1.86. The molecule has 6 heteroatoms. The van der Waals surface area contributed by atoms with E-state index in [1.54, 1.807) is 4.90 Å². The Morgan fingerprint density at radius 2 is 2.05 bits per heavy atom. The van der Waals surface area contributed by atoms with Crippen LogP contribution in [-0.2, 0) is 0 Å². The Morgan fingerprint density at radius 3 is 2.70 bits per heavy atom. The van der Waals surface area contributed by atoms with Gasteiger partial charge in [-0.1, -0.05) is 0 Å². The molecule has 1 fully saturated rings. The molecule has 1 aliphatic rings. The summed E-state index contributed by atoms with van der Waals surface area (Å²) in [7, 11) is 0. The first-order chi connectivity index (χ1) is 9.61. The Hall–Kier alpha value is -2.29. The van der Waals surface area contributed by atoms with Crippen LogP contribution in [0.4, 0.5) is 18.9 Å². The van der Waals surface area contributed by atoms with Gasteiger partial charge in [-0.15, -0.1) is 0 Å². The minimum absolute atomic E-state index is 0.0573. The third-order valence-electron chi connectivity index (χ3n) is 3.46. The maximum atomic E-state index is 14.1. The lowest BCUT2D eigenvalue weighted by Crippen LogP contribution is -2.22. The van der Waals surface area contributed by atoms with Gasteiger partial charge in [-0.25, -0.2) is 13.2 Å². The second-order valence-corrected chi connectivity index (χ2v) is 4.72. The molecule has 2 heterocycles. The number of hydrogen-bond donors (Lipinski definition) is 0. The summed E-state index contributed by atoms with van der Waals surface area (Å²) in [5, 5.41) is 9.08. The van der Waals surface area contributed by atoms with Gasteiger partial charge < -0.3 is 4.90 Å². The van der Waals surface area contributed by atoms with Crippen LogP contribution in [0.2, 0.25) is 0 Å². The van der Waals surface area contributed by atoms with Crippen molar-refractivity contribution in [2.24, 2.45) is 0 Å². The van der Waals surface area contributed by atoms with Crippen molar-refractivity contribution < 1.29 is 13.2 Å². The summed E-state index contributed by atoms with van der Waals surface area (Å²) in [6.45, 7) is 0.439. The van der Waals surface area contributed by atoms with Crippen molar-refractivity contribution in [1.82, 2.24) is 4.98 Å². The molecule has 1 saturated heterocycles. The van der Waals surface area contributed by atoms with E-state index in [-0.39, 0.29) is 28.7 Å². The van der Waals surface area contributed by atoms with E-state index in [1.165, 1.54) is 6.20 Å². The van der Waals surface area contributed by atoms with E-state index in [0.29, 0.717) is 13.0 Å². The van der Waals surface area contributed by atoms with E-state index in [2.05, 4.69) is 4.98 Å². The number of fused-ring (bicyclic) bond motifs is 1. The zero-order chi connectivity index (χ0) is 14.3. The Kier molecular flexibility index (Phi) is 2.97. The summed E-state index contributed by atoms with van der Waals surface area (Å²) < 4.78 is 41.2. The van der Waals surface area contributed by atoms with E-state index >= 15 is 0 Å². The zero-order valence-electron chi connectivity index (χ0n) is 10.4. The number of nitrogens with zero attached hydrogens (tertiary/aromatic N) is 3. The van der Waals surface area contributed by atoms with E-state index < -0.39 is 17.8 Å². The predicted octanol–water partition coefficient (Wildman–Crippen LogP) is 2.93. The van der Waals surface area contributed by atoms with Crippen molar-refractivity contribution in [2.75, 3.05) is 18.0 Å². The first-order valence-corrected chi connectivity index (χ1v) is 6.17. The standard InChI is InChI=1S/C14H10F3N3/c15-9-3-4-20(7-9)14-8(5-18)6-19-13-11(17)2-1-10(16)12(13)14/h1-2,6,9H,3-4,7H2. The molecule has 1 unspecified atom stereocenters. The average Bonchev–Trinajstić information content (AvgIpc) is 2.88. The van der Waals surface area contributed by atoms with Crippen molar-refractivity contribution >= 4 is 16.6 Å². The Morgan fingerprint density at radius 1 is 1.30 bits per heavy atom. The summed E-state index contributed by atoms with van der Waals surface area (Å²) in [4.78, 5) is 5.38. The van der Waals surface area contributed by atoms with Gasteiger partial charge in [0.25, 0.3) is 0 Å². The number of benzene rings is 1. The van der Waals surface area contributed by atoms with Crippen molar-refractivity contribution in [2.45, 2.75) is 12.6 Å². The molecule has 1 aromatic heterocycles. The van der Waals surface area contributed by atoms with Crippen LogP contribution >= 0.6 is 0 Å². The number of pyridine rings is 1. The van der Waals surface area contributed by atoms with Crippen LogP contribution in [0.25, 0.3) is 10.9 Å². The molecule has 0 N–H and O–H groups in total. The predicted molar refractivity (Wildman–Crippen MR) is 68.1 cm³/mol. The number of hydrogen-bond acceptors (Lipinski definition) is 3. The van der Waals surface area contributed by atoms with Crippen LogP contribution in [0.15, 0.2) is 18.3 Å². The molecule has 1 atom stereocenters. The van der Waals surface area contributed by atoms with Gasteiger partial charge in [0.1, 0.15) is 29.4 Å². The molecule has 3 rings (SSSR count). The molecule has 102 valence electrons. The fourth-order valence-electron chi connectivity index (χ4n) is 2.55. The zero-order valence-corrected chi connectivity index (χ0v) is 10.4. The fraction of sp³-hybridized carbons (Fsp3) is 0.286. The van der Waals surface area contributed by atoms with Crippen LogP contribution < -0.4 is 4.90 Å². The summed E-state index contributed by atoms with van der Waals surface area (Å²) >= 11 is 0. The lowest BCUT2D eigenvalue weighted by atomic mass is 10.1. The van der Waals surface area contributed by atoms with Gasteiger partial charge in [-0.2, -0.15) is 5.26 Å². The second-order valence-electron chi connectivity index (χ2n) is 4.72. The van der Waals surface area contributed by atoms with Gasteiger partial charge in [-0.05, 0) is 18.6 Å². The van der Waals surface area contributed by atoms with Gasteiger partial charge in [-0.3, -0.25) is 4.98 Å². The van der Waals surface area contributed by atoms with E-state index in [9.17, 15) is 13.2 Å². The molecule has 0 saturated carbocycles. The van der Waals surface area contributed by atoms with Crippen LogP contribution in [-0.4, -0.2) is 24.2 Å². The lowest BCUT2D eigenvalue weighted by molar-refractivity contribution is 0.364. The number of aromatic nitrogens is 1. The van der Waals surface area contributed by atoms with E-state index in [0.717, 1.165) is 12.1 Å². The van der Waals surface area contributed by atoms with Gasteiger partial charge in [0, 0.05) is 19.3 Å². The fourth-order valence-corrected chi connectivity index (χ4v) is 2.55. The minimum atomic E-state index is -1.03. The molecule has 3 nitrogen and oxygen atoms in total. The highest BCUT2D eigenvalue weighted by molar-refractivity contribution is 5.95. The monoisotopic (exact) mass is 277 g/mol. The molecule has 0 amide bonds. The molecule has 2 aromatic rings. The van der Waals surface area contributed by atoms with E-state index in [1.807, 2.05) is 6.07 Å². The normalized spacial score (nSPS) is 18.5. The molecule has 0 spiro atoms. The van der Waals surface area contributed by atoms with Crippen LogP contribution in [0.5, 0.6) is 0 Å². The van der Waals surface area contributed by atoms with Crippen molar-refractivity contribution in [3.05, 3.63) is 35.5 Å². The first-order valence-electron chi connectivity index (χ1n) is 6.17. The quantitative estimate of drug-likeness (QED) is 0.804. The number of anilines is 1. The topological polar surface area (TPSA) is 39.9 Å². The first kappa shape index (κ1) is 12.7. The number of nitriles is 1. The summed E-state index contributed by atoms with van der Waals surface area (Å²) in [5.74, 6) is -1.33. The summed E-state index contributed by atoms with van der Waals surface area (Å²) in [6.07, 6.45) is 0.485. The second kappa shape index (κ2) is 4.67. The van der Waals surface area contributed by atoms with Crippen molar-refractivity contribution in [1.29, 1.82) is 5.26 Å². The molecule has 0 radical (unpaired) electrons. The highest BCUT2D eigenvalue weighted by Gasteiger charge is 2.27. The van der Waals surface area contributed by atoms with Crippen LogP contribution in [0.3, 0.4) is 0 Å². The van der Waals surface area contributed by atoms with Gasteiger partial charge in [0.15, 0.2) is 0 Å². The van der Waals surface area contributed by atoms with Crippen molar-refractivity contribution in [3.63, 3.8) is 0 Å². The molecule has 0 bridgehead atoms. The van der Waals surface area contributed by atoms with Gasteiger partial charge in [0.05, 0.1) is 16.6 Å². The smallest absolute Gasteiger partial charge is 0.149 e. The molecule has 0 aliphatic carbocycles. The molecule has 1 aromatic carbocycles. The number of alkyl halides is 1. The molecular weight excluding hydrogens is 267 g/mol. The molecule has 1 aliphatic heterocycles. The Bertz CT molecular complexity index is 724. The highest BCUT2D eigenvalue weighted by Crippen LogP contribution is 2.34. The van der Waals surface area contributed by atoms with Crippen LogP contribution in [0, 0.1) is 23.0 Å². The minimum Gasteiger partial charge on any atom is -0.367 e. The number of rotatable bonds is 1. The lowest BCUT2D eigenvalue weighted by Gasteiger charge is -2.21. The van der Waals surface area contributed by atoms with Gasteiger partial charge >= 0.3 is 0 Å². The average molecular weight is 277 g/mol. The van der Waals surface area contributed by atoms with Crippen molar-refractivity contribution in [3.8, 4) is 6.07 Å². The Labute approximate surface area is 113 Å². The Balaban J connectivity index is 2.32.